The van der Waals surface area contributed by atoms with Crippen LogP contribution in [0.2, 0.25) is 0 Å². The van der Waals surface area contributed by atoms with E-state index in [-0.39, 0.29) is 19.1 Å². The summed E-state index contributed by atoms with van der Waals surface area (Å²) in [4.78, 5) is 26.4. The summed E-state index contributed by atoms with van der Waals surface area (Å²) in [5, 5.41) is 2.60. The van der Waals surface area contributed by atoms with Crippen molar-refractivity contribution >= 4 is 12.0 Å². The van der Waals surface area contributed by atoms with Gasteiger partial charge < -0.3 is 15.0 Å². The van der Waals surface area contributed by atoms with Crippen LogP contribution in [0.15, 0.2) is 41.5 Å². The Morgan fingerprint density at radius 2 is 1.72 bits per heavy atom. The number of nitrogens with zero attached hydrogens (tertiary/aromatic N) is 1. The molecule has 3 aliphatic rings. The van der Waals surface area contributed by atoms with Crippen LogP contribution in [0.5, 0.6) is 0 Å². The summed E-state index contributed by atoms with van der Waals surface area (Å²) in [7, 11) is 0. The lowest BCUT2D eigenvalue weighted by Crippen LogP contribution is -2.48. The summed E-state index contributed by atoms with van der Waals surface area (Å²) in [6, 6.07) is 10.2. The van der Waals surface area contributed by atoms with Crippen molar-refractivity contribution in [3.8, 4) is 0 Å². The van der Waals surface area contributed by atoms with Crippen LogP contribution >= 0.6 is 0 Å². The first-order chi connectivity index (χ1) is 12.2. The molecule has 2 aliphatic heterocycles. The minimum absolute atomic E-state index is 0.0176. The van der Waals surface area contributed by atoms with Crippen LogP contribution in [0.25, 0.3) is 0 Å². The molecule has 2 saturated heterocycles. The topological polar surface area (TPSA) is 58.6 Å². The molecule has 1 aromatic rings. The summed E-state index contributed by atoms with van der Waals surface area (Å²) in [5.74, 6) is 0.0176. The molecule has 2 amide bonds. The van der Waals surface area contributed by atoms with Gasteiger partial charge in [-0.15, -0.1) is 0 Å². The van der Waals surface area contributed by atoms with Crippen molar-refractivity contribution in [3.63, 3.8) is 0 Å². The molecule has 0 spiro atoms. The Kier molecular flexibility index (Phi) is 4.47. The number of amides is 2. The first kappa shape index (κ1) is 16.2. The maximum Gasteiger partial charge on any atom is 0.407 e. The van der Waals surface area contributed by atoms with Crippen LogP contribution in [-0.4, -0.2) is 35.5 Å². The fraction of sp³-hybridized carbons (Fsp3) is 0.500. The number of carbonyl (C=O) groups is 2. The highest BCUT2D eigenvalue weighted by atomic mass is 16.5. The fourth-order valence-electron chi connectivity index (χ4n) is 4.14. The summed E-state index contributed by atoms with van der Waals surface area (Å²) in [6.45, 7) is 0.235. The molecule has 2 atom stereocenters. The van der Waals surface area contributed by atoms with Gasteiger partial charge in [0.2, 0.25) is 5.91 Å². The van der Waals surface area contributed by atoms with Gasteiger partial charge in [0.05, 0.1) is 0 Å². The Labute approximate surface area is 148 Å². The molecule has 1 saturated carbocycles. The van der Waals surface area contributed by atoms with Gasteiger partial charge in [-0.25, -0.2) is 4.79 Å². The van der Waals surface area contributed by atoms with Crippen LogP contribution in [0.4, 0.5) is 4.79 Å². The molecule has 3 fully saturated rings. The predicted octanol–water partition coefficient (Wildman–Crippen LogP) is 3.16. The number of ether oxygens (including phenoxy) is 1. The van der Waals surface area contributed by atoms with E-state index < -0.39 is 6.09 Å². The second-order valence-corrected chi connectivity index (χ2v) is 7.22. The third-order valence-electron chi connectivity index (χ3n) is 5.47. The van der Waals surface area contributed by atoms with Crippen LogP contribution in [0, 0.1) is 0 Å². The van der Waals surface area contributed by atoms with E-state index >= 15 is 0 Å². The third kappa shape index (κ3) is 3.70. The van der Waals surface area contributed by atoms with E-state index in [1.165, 1.54) is 12.8 Å². The molecule has 5 heteroatoms. The molecular weight excluding hydrogens is 316 g/mol. The molecule has 2 unspecified atom stereocenters. The molecule has 0 aromatic heterocycles. The van der Waals surface area contributed by atoms with E-state index in [1.54, 1.807) is 11.1 Å². The van der Waals surface area contributed by atoms with Crippen LogP contribution in [-0.2, 0) is 16.1 Å². The van der Waals surface area contributed by atoms with Crippen LogP contribution < -0.4 is 5.32 Å². The highest BCUT2D eigenvalue weighted by Crippen LogP contribution is 2.44. The van der Waals surface area contributed by atoms with Gasteiger partial charge in [0.15, 0.2) is 0 Å². The van der Waals surface area contributed by atoms with Gasteiger partial charge in [-0.3, -0.25) is 4.79 Å². The SMILES string of the molecule is O=C(NCC(=O)N1C2CCC1CC(=C1CC1)C2)OCc1ccccc1. The van der Waals surface area contributed by atoms with E-state index in [9.17, 15) is 9.59 Å². The zero-order chi connectivity index (χ0) is 17.2. The number of hydrogen-bond donors (Lipinski definition) is 1. The van der Waals surface area contributed by atoms with Crippen LogP contribution in [0.1, 0.15) is 44.1 Å². The van der Waals surface area contributed by atoms with Crippen molar-refractivity contribution in [2.45, 2.75) is 57.2 Å². The van der Waals surface area contributed by atoms with E-state index in [0.717, 1.165) is 31.2 Å². The van der Waals surface area contributed by atoms with E-state index in [4.69, 9.17) is 4.74 Å². The Bertz CT molecular complexity index is 676. The Balaban J connectivity index is 1.25. The van der Waals surface area contributed by atoms with Gasteiger partial charge in [-0.2, -0.15) is 0 Å². The highest BCUT2D eigenvalue weighted by Gasteiger charge is 2.42. The first-order valence-electron chi connectivity index (χ1n) is 9.16. The van der Waals surface area contributed by atoms with Crippen molar-refractivity contribution in [2.24, 2.45) is 0 Å². The van der Waals surface area contributed by atoms with Gasteiger partial charge >= 0.3 is 6.09 Å². The number of hydrogen-bond acceptors (Lipinski definition) is 3. The smallest absolute Gasteiger partial charge is 0.407 e. The summed E-state index contributed by atoms with van der Waals surface area (Å²) in [6.07, 6.45) is 6.24. The molecule has 2 heterocycles. The lowest BCUT2D eigenvalue weighted by Gasteiger charge is -2.36. The second kappa shape index (κ2) is 6.90. The van der Waals surface area contributed by atoms with Crippen molar-refractivity contribution in [3.05, 3.63) is 47.0 Å². The number of benzene rings is 1. The van der Waals surface area contributed by atoms with Gasteiger partial charge in [0.1, 0.15) is 13.2 Å². The number of fused-ring (bicyclic) bond motifs is 2. The number of rotatable bonds is 4. The lowest BCUT2D eigenvalue weighted by molar-refractivity contribution is -0.133. The first-order valence-corrected chi connectivity index (χ1v) is 9.16. The molecule has 25 heavy (non-hydrogen) atoms. The maximum atomic E-state index is 12.6. The number of nitrogens with one attached hydrogen (secondary N) is 1. The monoisotopic (exact) mass is 340 g/mol. The molecule has 2 bridgehead atoms. The number of carbonyl (C=O) groups excluding carboxylic acids is 2. The largest absolute Gasteiger partial charge is 0.445 e. The molecule has 1 aromatic carbocycles. The van der Waals surface area contributed by atoms with E-state index in [2.05, 4.69) is 5.32 Å². The van der Waals surface area contributed by atoms with Gasteiger partial charge in [0, 0.05) is 12.1 Å². The average molecular weight is 340 g/mol. The number of piperidine rings is 1. The standard InChI is InChI=1S/C20H24N2O3/c23-19(12-21-20(24)25-13-14-4-2-1-3-5-14)22-17-8-9-18(22)11-16(10-17)15-6-7-15/h1-5,17-18H,6-13H2,(H,21,24). The minimum atomic E-state index is -0.539. The Morgan fingerprint density at radius 1 is 1.04 bits per heavy atom. The molecule has 0 radical (unpaired) electrons. The lowest BCUT2D eigenvalue weighted by atomic mass is 9.95. The fourth-order valence-corrected chi connectivity index (χ4v) is 4.14. The number of allylic oxidation sites excluding steroid dienone is 1. The van der Waals surface area contributed by atoms with Gasteiger partial charge in [-0.1, -0.05) is 41.5 Å². The van der Waals surface area contributed by atoms with E-state index in [1.807, 2.05) is 35.2 Å². The number of alkyl carbamates (subject to hydrolysis) is 1. The van der Waals surface area contributed by atoms with Crippen molar-refractivity contribution < 1.29 is 14.3 Å². The zero-order valence-electron chi connectivity index (χ0n) is 14.4. The van der Waals surface area contributed by atoms with Crippen molar-refractivity contribution in [1.82, 2.24) is 10.2 Å². The van der Waals surface area contributed by atoms with Gasteiger partial charge in [-0.05, 0) is 44.1 Å². The summed E-state index contributed by atoms with van der Waals surface area (Å²) >= 11 is 0. The quantitative estimate of drug-likeness (QED) is 0.857. The van der Waals surface area contributed by atoms with Crippen LogP contribution in [0.3, 0.4) is 0 Å². The molecule has 5 nitrogen and oxygen atoms in total. The van der Waals surface area contributed by atoms with Crippen molar-refractivity contribution in [1.29, 1.82) is 0 Å². The normalized spacial score (nSPS) is 24.2. The molecule has 4 rings (SSSR count). The third-order valence-corrected chi connectivity index (χ3v) is 5.47. The second-order valence-electron chi connectivity index (χ2n) is 7.22. The van der Waals surface area contributed by atoms with Gasteiger partial charge in [0.25, 0.3) is 0 Å². The van der Waals surface area contributed by atoms with Crippen molar-refractivity contribution in [2.75, 3.05) is 6.54 Å². The zero-order valence-corrected chi connectivity index (χ0v) is 14.4. The molecule has 1 N–H and O–H groups in total. The maximum absolute atomic E-state index is 12.6. The van der Waals surface area contributed by atoms with E-state index in [0.29, 0.717) is 12.1 Å². The summed E-state index contributed by atoms with van der Waals surface area (Å²) < 4.78 is 5.16. The highest BCUT2D eigenvalue weighted by molar-refractivity contribution is 5.83. The Hall–Kier alpha value is -2.30. The minimum Gasteiger partial charge on any atom is -0.445 e. The molecule has 132 valence electrons. The molecular formula is C20H24N2O3. The average Bonchev–Trinajstić information content (AvgIpc) is 3.44. The molecule has 1 aliphatic carbocycles. The Morgan fingerprint density at radius 3 is 2.36 bits per heavy atom. The summed E-state index contributed by atoms with van der Waals surface area (Å²) in [5.41, 5.74) is 4.16. The predicted molar refractivity (Wildman–Crippen MR) is 93.8 cm³/mol.